The summed E-state index contributed by atoms with van der Waals surface area (Å²) in [6.45, 7) is 0.433. The van der Waals surface area contributed by atoms with Crippen molar-refractivity contribution in [1.29, 1.82) is 0 Å². The average Bonchev–Trinajstić information content (AvgIpc) is 2.42. The van der Waals surface area contributed by atoms with Gasteiger partial charge in [0.2, 0.25) is 5.82 Å². The molecule has 0 aromatic carbocycles. The van der Waals surface area contributed by atoms with Gasteiger partial charge in [0.1, 0.15) is 0 Å². The van der Waals surface area contributed by atoms with E-state index >= 15 is 0 Å². The van der Waals surface area contributed by atoms with E-state index in [2.05, 4.69) is 21.0 Å². The van der Waals surface area contributed by atoms with Gasteiger partial charge >= 0.3 is 11.7 Å². The number of aromatic nitrogens is 1. The van der Waals surface area contributed by atoms with Crippen LogP contribution < -0.4 is 5.32 Å². The maximum Gasteiger partial charge on any atom is 0.356 e. The molecule has 1 rings (SSSR count). The number of nitro groups is 1. The Bertz CT molecular complexity index is 522. The number of ether oxygens (including phenoxy) is 1. The Morgan fingerprint density at radius 3 is 2.95 bits per heavy atom. The van der Waals surface area contributed by atoms with E-state index in [1.807, 2.05) is 0 Å². The van der Waals surface area contributed by atoms with Crippen LogP contribution >= 0.6 is 0 Å². The van der Waals surface area contributed by atoms with Gasteiger partial charge in [0.05, 0.1) is 12.0 Å². The highest BCUT2D eigenvalue weighted by atomic mass is 16.6. The fourth-order valence-corrected chi connectivity index (χ4v) is 1.34. The van der Waals surface area contributed by atoms with Crippen LogP contribution in [0.4, 0.5) is 11.5 Å². The van der Waals surface area contributed by atoms with Gasteiger partial charge in [-0.2, -0.15) is 0 Å². The second-order valence-corrected chi connectivity index (χ2v) is 3.55. The second-order valence-electron chi connectivity index (χ2n) is 3.55. The number of methoxy groups -OCH3 is 1. The van der Waals surface area contributed by atoms with Crippen molar-refractivity contribution in [2.75, 3.05) is 19.0 Å². The monoisotopic (exact) mass is 263 g/mol. The van der Waals surface area contributed by atoms with Crippen molar-refractivity contribution in [2.24, 2.45) is 0 Å². The molecule has 1 heterocycles. The van der Waals surface area contributed by atoms with Crippen LogP contribution in [0.3, 0.4) is 0 Å². The number of carbonyl (C=O) groups is 1. The Labute approximate surface area is 110 Å². The molecule has 0 spiro atoms. The number of nitrogens with one attached hydrogen (secondary N) is 1. The van der Waals surface area contributed by atoms with Crippen molar-refractivity contribution in [2.45, 2.75) is 12.8 Å². The number of pyridine rings is 1. The molecule has 100 valence electrons. The zero-order valence-electron chi connectivity index (χ0n) is 10.4. The molecule has 0 atom stereocenters. The maximum absolute atomic E-state index is 11.3. The SMILES string of the molecule is C#CCCCNc1nc(C(=O)OC)ccc1[N+](=O)[O-]. The average molecular weight is 263 g/mol. The van der Waals surface area contributed by atoms with E-state index in [-0.39, 0.29) is 17.2 Å². The molecule has 1 aromatic rings. The van der Waals surface area contributed by atoms with Gasteiger partial charge in [0.25, 0.3) is 0 Å². The summed E-state index contributed by atoms with van der Waals surface area (Å²) >= 11 is 0. The van der Waals surface area contributed by atoms with Gasteiger partial charge in [-0.25, -0.2) is 9.78 Å². The third kappa shape index (κ3) is 3.96. The molecule has 1 N–H and O–H groups in total. The first-order valence-corrected chi connectivity index (χ1v) is 5.51. The molecule has 0 bridgehead atoms. The molecule has 0 amide bonds. The van der Waals surface area contributed by atoms with Gasteiger partial charge in [0, 0.05) is 19.0 Å². The minimum absolute atomic E-state index is 0.00699. The van der Waals surface area contributed by atoms with Crippen molar-refractivity contribution in [1.82, 2.24) is 4.98 Å². The standard InChI is InChI=1S/C12H13N3O4/c1-3-4-5-8-13-11-10(15(17)18)7-6-9(14-11)12(16)19-2/h1,6-7H,4-5,8H2,2H3,(H,13,14). The zero-order chi connectivity index (χ0) is 14.3. The van der Waals surface area contributed by atoms with Gasteiger partial charge in [-0.15, -0.1) is 12.3 Å². The van der Waals surface area contributed by atoms with Crippen LogP contribution in [0.15, 0.2) is 12.1 Å². The Morgan fingerprint density at radius 2 is 2.37 bits per heavy atom. The van der Waals surface area contributed by atoms with Gasteiger partial charge in [-0.3, -0.25) is 10.1 Å². The molecular formula is C12H13N3O4. The predicted octanol–water partition coefficient (Wildman–Crippen LogP) is 1.60. The minimum Gasteiger partial charge on any atom is -0.464 e. The topological polar surface area (TPSA) is 94.4 Å². The summed E-state index contributed by atoms with van der Waals surface area (Å²) in [6, 6.07) is 2.46. The van der Waals surface area contributed by atoms with Gasteiger partial charge < -0.3 is 10.1 Å². The van der Waals surface area contributed by atoms with E-state index in [0.29, 0.717) is 19.4 Å². The van der Waals surface area contributed by atoms with Crippen LogP contribution in [0.5, 0.6) is 0 Å². The first kappa shape index (κ1) is 14.4. The number of hydrogen-bond donors (Lipinski definition) is 1. The number of rotatable bonds is 6. The first-order chi connectivity index (χ1) is 9.10. The second kappa shape index (κ2) is 6.96. The minimum atomic E-state index is -0.651. The molecule has 7 heteroatoms. The summed E-state index contributed by atoms with van der Waals surface area (Å²) in [6.07, 6.45) is 6.31. The molecule has 0 fully saturated rings. The molecule has 0 aliphatic heterocycles. The number of esters is 1. The Morgan fingerprint density at radius 1 is 1.63 bits per heavy atom. The van der Waals surface area contributed by atoms with Crippen molar-refractivity contribution >= 4 is 17.5 Å². The Balaban J connectivity index is 2.92. The number of terminal acetylenes is 1. The predicted molar refractivity (Wildman–Crippen MR) is 68.8 cm³/mol. The van der Waals surface area contributed by atoms with Gasteiger partial charge in [-0.05, 0) is 12.5 Å². The van der Waals surface area contributed by atoms with Crippen molar-refractivity contribution in [3.63, 3.8) is 0 Å². The highest BCUT2D eigenvalue weighted by Crippen LogP contribution is 2.22. The number of anilines is 1. The molecule has 0 radical (unpaired) electrons. The first-order valence-electron chi connectivity index (χ1n) is 5.51. The number of unbranched alkanes of at least 4 members (excludes halogenated alkanes) is 1. The smallest absolute Gasteiger partial charge is 0.356 e. The van der Waals surface area contributed by atoms with Gasteiger partial charge in [-0.1, -0.05) is 0 Å². The van der Waals surface area contributed by atoms with Crippen LogP contribution in [0.1, 0.15) is 23.3 Å². The van der Waals surface area contributed by atoms with Crippen LogP contribution in [0.25, 0.3) is 0 Å². The van der Waals surface area contributed by atoms with E-state index in [1.54, 1.807) is 0 Å². The number of nitrogens with zero attached hydrogens (tertiary/aromatic N) is 2. The molecule has 1 aromatic heterocycles. The largest absolute Gasteiger partial charge is 0.464 e. The summed E-state index contributed by atoms with van der Waals surface area (Å²) in [5.41, 5.74) is -0.194. The number of hydrogen-bond acceptors (Lipinski definition) is 6. The van der Waals surface area contributed by atoms with Crippen molar-refractivity contribution < 1.29 is 14.5 Å². The third-order valence-corrected chi connectivity index (χ3v) is 2.26. The Hall–Kier alpha value is -2.62. The molecule has 0 unspecified atom stereocenters. The molecule has 0 aliphatic rings. The van der Waals surface area contributed by atoms with E-state index in [1.165, 1.54) is 19.2 Å². The molecule has 0 saturated heterocycles. The van der Waals surface area contributed by atoms with Crippen molar-refractivity contribution in [3.8, 4) is 12.3 Å². The van der Waals surface area contributed by atoms with Crippen LogP contribution in [0.2, 0.25) is 0 Å². The molecular weight excluding hydrogens is 250 g/mol. The van der Waals surface area contributed by atoms with Crippen LogP contribution in [-0.4, -0.2) is 29.5 Å². The summed E-state index contributed by atoms with van der Waals surface area (Å²) in [4.78, 5) is 25.5. The van der Waals surface area contributed by atoms with Gasteiger partial charge in [0.15, 0.2) is 5.69 Å². The summed E-state index contributed by atoms with van der Waals surface area (Å²) in [5.74, 6) is 1.84. The molecule has 0 saturated carbocycles. The lowest BCUT2D eigenvalue weighted by atomic mass is 10.3. The number of carbonyl (C=O) groups excluding carboxylic acids is 1. The lowest BCUT2D eigenvalue weighted by Gasteiger charge is -2.06. The fourth-order valence-electron chi connectivity index (χ4n) is 1.34. The normalized spacial score (nSPS) is 9.47. The lowest BCUT2D eigenvalue weighted by molar-refractivity contribution is -0.384. The van der Waals surface area contributed by atoms with E-state index in [9.17, 15) is 14.9 Å². The quantitative estimate of drug-likeness (QED) is 0.275. The summed E-state index contributed by atoms with van der Waals surface area (Å²) in [5, 5.41) is 13.6. The summed E-state index contributed by atoms with van der Waals surface area (Å²) < 4.78 is 4.51. The molecule has 7 nitrogen and oxygen atoms in total. The molecule has 19 heavy (non-hydrogen) atoms. The highest BCUT2D eigenvalue weighted by molar-refractivity contribution is 5.88. The zero-order valence-corrected chi connectivity index (χ0v) is 10.4. The maximum atomic E-state index is 11.3. The highest BCUT2D eigenvalue weighted by Gasteiger charge is 2.18. The third-order valence-electron chi connectivity index (χ3n) is 2.26. The van der Waals surface area contributed by atoms with Crippen LogP contribution in [0, 0.1) is 22.5 Å². The fraction of sp³-hybridized carbons (Fsp3) is 0.333. The Kier molecular flexibility index (Phi) is 5.29. The molecule has 0 aliphatic carbocycles. The van der Waals surface area contributed by atoms with Crippen LogP contribution in [-0.2, 0) is 4.74 Å². The lowest BCUT2D eigenvalue weighted by Crippen LogP contribution is -2.10. The summed E-state index contributed by atoms with van der Waals surface area (Å²) in [7, 11) is 1.21. The van der Waals surface area contributed by atoms with E-state index in [4.69, 9.17) is 6.42 Å². The van der Waals surface area contributed by atoms with E-state index < -0.39 is 10.9 Å². The van der Waals surface area contributed by atoms with E-state index in [0.717, 1.165) is 0 Å². The van der Waals surface area contributed by atoms with Crippen molar-refractivity contribution in [3.05, 3.63) is 27.9 Å².